The monoisotopic (exact) mass is 530 g/mol. The summed E-state index contributed by atoms with van der Waals surface area (Å²) in [4.78, 5) is 27.6. The minimum Gasteiger partial charge on any atom is -0.497 e. The van der Waals surface area contributed by atoms with Gasteiger partial charge in [0.05, 0.1) is 53.5 Å². The molecule has 4 aromatic carbocycles. The third-order valence-corrected chi connectivity index (χ3v) is 6.65. The molecule has 9 nitrogen and oxygen atoms in total. The Bertz CT molecular complexity index is 1910. The largest absolute Gasteiger partial charge is 0.497 e. The van der Waals surface area contributed by atoms with Crippen LogP contribution in [-0.4, -0.2) is 45.9 Å². The molecule has 0 saturated heterocycles. The lowest BCUT2D eigenvalue weighted by atomic mass is 10.1. The molecule has 0 bridgehead atoms. The van der Waals surface area contributed by atoms with Crippen LogP contribution in [-0.2, 0) is 11.3 Å². The highest BCUT2D eigenvalue weighted by molar-refractivity contribution is 5.97. The summed E-state index contributed by atoms with van der Waals surface area (Å²) >= 11 is 0. The molecule has 0 aliphatic heterocycles. The van der Waals surface area contributed by atoms with Gasteiger partial charge in [0.2, 0.25) is 0 Å². The standard InChI is InChI=1S/C31H26N6O3/c1-19-8-10-20(11-9-19)31-35-27-15-25-26(34-24-7-5-4-6-23(24)33-25)16-28(27)37(31)18-30(38)36-32-17-21-14-22(39-2)12-13-29(21)40-3/h4-17H,18H2,1-3H3,(H,36,38)/b32-17+. The van der Waals surface area contributed by atoms with E-state index in [1.807, 2.05) is 72.2 Å². The van der Waals surface area contributed by atoms with Crippen LogP contribution in [0.1, 0.15) is 11.1 Å². The van der Waals surface area contributed by atoms with Gasteiger partial charge >= 0.3 is 0 Å². The Hall–Kier alpha value is -5.31. The predicted molar refractivity (Wildman–Crippen MR) is 156 cm³/mol. The summed E-state index contributed by atoms with van der Waals surface area (Å²) < 4.78 is 12.6. The van der Waals surface area contributed by atoms with Crippen LogP contribution in [0.4, 0.5) is 0 Å². The van der Waals surface area contributed by atoms with Crippen molar-refractivity contribution in [2.24, 2.45) is 5.10 Å². The molecule has 9 heteroatoms. The number of carbonyl (C=O) groups is 1. The summed E-state index contributed by atoms with van der Waals surface area (Å²) in [5.41, 5.74) is 9.94. The molecule has 0 atom stereocenters. The first-order valence-corrected chi connectivity index (χ1v) is 12.7. The molecule has 1 amide bonds. The van der Waals surface area contributed by atoms with Crippen molar-refractivity contribution in [2.75, 3.05) is 14.2 Å². The maximum absolute atomic E-state index is 13.1. The van der Waals surface area contributed by atoms with Gasteiger partial charge < -0.3 is 14.0 Å². The summed E-state index contributed by atoms with van der Waals surface area (Å²) in [6, 6.07) is 25.0. The first kappa shape index (κ1) is 25.0. The van der Waals surface area contributed by atoms with Crippen molar-refractivity contribution in [3.05, 3.63) is 90.0 Å². The van der Waals surface area contributed by atoms with Gasteiger partial charge in [0.15, 0.2) is 0 Å². The number of benzene rings is 4. The van der Waals surface area contributed by atoms with Crippen LogP contribution in [0.2, 0.25) is 0 Å². The maximum atomic E-state index is 13.1. The van der Waals surface area contributed by atoms with E-state index < -0.39 is 0 Å². The highest BCUT2D eigenvalue weighted by Gasteiger charge is 2.17. The summed E-state index contributed by atoms with van der Waals surface area (Å²) in [7, 11) is 3.16. The highest BCUT2D eigenvalue weighted by Crippen LogP contribution is 2.29. The second-order valence-corrected chi connectivity index (χ2v) is 9.33. The molecule has 0 saturated carbocycles. The predicted octanol–water partition coefficient (Wildman–Crippen LogP) is 5.28. The molecule has 6 aromatic rings. The summed E-state index contributed by atoms with van der Waals surface area (Å²) in [6.07, 6.45) is 1.53. The van der Waals surface area contributed by atoms with Crippen LogP contribution < -0.4 is 14.9 Å². The average Bonchev–Trinajstić information content (AvgIpc) is 3.31. The van der Waals surface area contributed by atoms with E-state index in [0.29, 0.717) is 22.9 Å². The van der Waals surface area contributed by atoms with Crippen molar-refractivity contribution in [1.29, 1.82) is 0 Å². The second kappa shape index (κ2) is 10.5. The van der Waals surface area contributed by atoms with Gasteiger partial charge in [0.25, 0.3) is 5.91 Å². The molecule has 2 aromatic heterocycles. The zero-order valence-electron chi connectivity index (χ0n) is 22.3. The van der Waals surface area contributed by atoms with E-state index in [1.165, 1.54) is 6.21 Å². The van der Waals surface area contributed by atoms with E-state index >= 15 is 0 Å². The number of aryl methyl sites for hydroxylation is 1. The molecule has 2 heterocycles. The zero-order valence-corrected chi connectivity index (χ0v) is 22.3. The number of hydrazone groups is 1. The minimum absolute atomic E-state index is 0.00118. The van der Waals surface area contributed by atoms with Crippen LogP contribution in [0.5, 0.6) is 11.5 Å². The van der Waals surface area contributed by atoms with Crippen LogP contribution in [0, 0.1) is 6.92 Å². The second-order valence-electron chi connectivity index (χ2n) is 9.33. The molecule has 6 rings (SSSR count). The van der Waals surface area contributed by atoms with Gasteiger partial charge in [0.1, 0.15) is 23.9 Å². The van der Waals surface area contributed by atoms with E-state index in [1.54, 1.807) is 32.4 Å². The molecule has 0 aliphatic rings. The number of ether oxygens (including phenoxy) is 2. The minimum atomic E-state index is -0.310. The molecular weight excluding hydrogens is 504 g/mol. The van der Waals surface area contributed by atoms with Gasteiger partial charge in [-0.1, -0.05) is 42.0 Å². The van der Waals surface area contributed by atoms with Gasteiger partial charge in [-0.05, 0) is 49.4 Å². The lowest BCUT2D eigenvalue weighted by Crippen LogP contribution is -2.23. The summed E-state index contributed by atoms with van der Waals surface area (Å²) in [5.74, 6) is 1.63. The lowest BCUT2D eigenvalue weighted by Gasteiger charge is -2.10. The normalized spacial score (nSPS) is 11.5. The van der Waals surface area contributed by atoms with E-state index in [-0.39, 0.29) is 12.5 Å². The van der Waals surface area contributed by atoms with Crippen LogP contribution in [0.3, 0.4) is 0 Å². The molecule has 0 unspecified atom stereocenters. The Balaban J connectivity index is 1.38. The quantitative estimate of drug-likeness (QED) is 0.171. The molecule has 0 fully saturated rings. The number of amides is 1. The van der Waals surface area contributed by atoms with Crippen molar-refractivity contribution < 1.29 is 14.3 Å². The number of nitrogens with one attached hydrogen (secondary N) is 1. The fourth-order valence-corrected chi connectivity index (χ4v) is 4.62. The number of nitrogens with zero attached hydrogens (tertiary/aromatic N) is 5. The lowest BCUT2D eigenvalue weighted by molar-refractivity contribution is -0.121. The fourth-order valence-electron chi connectivity index (χ4n) is 4.62. The summed E-state index contributed by atoms with van der Waals surface area (Å²) in [6.45, 7) is 2.03. The van der Waals surface area contributed by atoms with Crippen molar-refractivity contribution in [3.8, 4) is 22.9 Å². The number of hydrogen-bond acceptors (Lipinski definition) is 7. The van der Waals surface area contributed by atoms with Gasteiger partial charge in [-0.2, -0.15) is 5.10 Å². The molecule has 0 radical (unpaired) electrons. The number of hydrogen-bond donors (Lipinski definition) is 1. The van der Waals surface area contributed by atoms with Crippen molar-refractivity contribution in [1.82, 2.24) is 24.9 Å². The van der Waals surface area contributed by atoms with Gasteiger partial charge in [0, 0.05) is 11.1 Å². The molecule has 40 heavy (non-hydrogen) atoms. The number of aromatic nitrogens is 4. The SMILES string of the molecule is COc1ccc(OC)c(/C=N/NC(=O)Cn2c(-c3ccc(C)cc3)nc3cc4nc5ccccc5nc4cc32)c1. The number of methoxy groups -OCH3 is 2. The van der Waals surface area contributed by atoms with Crippen LogP contribution in [0.25, 0.3) is 44.5 Å². The number of carbonyl (C=O) groups excluding carboxylic acids is 1. The van der Waals surface area contributed by atoms with E-state index in [4.69, 9.17) is 24.4 Å². The van der Waals surface area contributed by atoms with Crippen LogP contribution in [0.15, 0.2) is 84.0 Å². The Morgan fingerprint density at radius 1 is 0.850 bits per heavy atom. The Labute approximate surface area is 230 Å². The van der Waals surface area contributed by atoms with E-state index in [2.05, 4.69) is 10.5 Å². The third-order valence-electron chi connectivity index (χ3n) is 6.65. The van der Waals surface area contributed by atoms with Crippen molar-refractivity contribution >= 4 is 45.2 Å². The number of imidazole rings is 1. The highest BCUT2D eigenvalue weighted by atomic mass is 16.5. The van der Waals surface area contributed by atoms with E-state index in [9.17, 15) is 4.79 Å². The first-order valence-electron chi connectivity index (χ1n) is 12.7. The smallest absolute Gasteiger partial charge is 0.260 e. The third kappa shape index (κ3) is 4.80. The van der Waals surface area contributed by atoms with Crippen LogP contribution >= 0.6 is 0 Å². The maximum Gasteiger partial charge on any atom is 0.260 e. The first-order chi connectivity index (χ1) is 19.5. The Morgan fingerprint density at radius 2 is 1.57 bits per heavy atom. The molecule has 0 aliphatic carbocycles. The number of rotatable bonds is 7. The Morgan fingerprint density at radius 3 is 2.27 bits per heavy atom. The molecule has 198 valence electrons. The van der Waals surface area contributed by atoms with Crippen molar-refractivity contribution in [2.45, 2.75) is 13.5 Å². The fraction of sp³-hybridized carbons (Fsp3) is 0.129. The van der Waals surface area contributed by atoms with Gasteiger partial charge in [-0.25, -0.2) is 20.4 Å². The van der Waals surface area contributed by atoms with Gasteiger partial charge in [-0.15, -0.1) is 0 Å². The average molecular weight is 531 g/mol. The molecule has 0 spiro atoms. The Kier molecular flexibility index (Phi) is 6.53. The number of para-hydroxylation sites is 2. The molecule has 1 N–H and O–H groups in total. The van der Waals surface area contributed by atoms with Gasteiger partial charge in [-0.3, -0.25) is 4.79 Å². The van der Waals surface area contributed by atoms with E-state index in [0.717, 1.165) is 44.2 Å². The number of fused-ring (bicyclic) bond motifs is 3. The zero-order chi connectivity index (χ0) is 27.6. The van der Waals surface area contributed by atoms with Crippen molar-refractivity contribution in [3.63, 3.8) is 0 Å². The molecular formula is C31H26N6O3. The summed E-state index contributed by atoms with van der Waals surface area (Å²) in [5, 5.41) is 4.17. The topological polar surface area (TPSA) is 104 Å².